The molecule has 29 heavy (non-hydrogen) atoms. The number of hydrogen-bond acceptors (Lipinski definition) is 3. The molecular weight excluding hydrogens is 395 g/mol. The van der Waals surface area contributed by atoms with Crippen LogP contribution < -0.4 is 10.1 Å². The number of rotatable bonds is 7. The quantitative estimate of drug-likeness (QED) is 0.730. The summed E-state index contributed by atoms with van der Waals surface area (Å²) in [6.45, 7) is 7.11. The summed E-state index contributed by atoms with van der Waals surface area (Å²) in [6.07, 6.45) is 0. The van der Waals surface area contributed by atoms with Crippen LogP contribution in [0, 0.1) is 5.82 Å². The third-order valence-corrected chi connectivity index (χ3v) is 4.43. The van der Waals surface area contributed by atoms with E-state index >= 15 is 0 Å². The Balaban J connectivity index is 2.18. The Morgan fingerprint density at radius 2 is 1.76 bits per heavy atom. The Kier molecular flexibility index (Phi) is 7.62. The van der Waals surface area contributed by atoms with Crippen LogP contribution in [0.25, 0.3) is 0 Å². The van der Waals surface area contributed by atoms with Gasteiger partial charge < -0.3 is 15.0 Å². The van der Waals surface area contributed by atoms with Crippen LogP contribution >= 0.6 is 11.6 Å². The second-order valence-corrected chi connectivity index (χ2v) is 8.19. The van der Waals surface area contributed by atoms with Crippen molar-refractivity contribution in [2.24, 2.45) is 0 Å². The zero-order valence-electron chi connectivity index (χ0n) is 17.0. The molecule has 2 amide bonds. The fourth-order valence-electron chi connectivity index (χ4n) is 2.63. The number of hydrogen-bond donors (Lipinski definition) is 1. The summed E-state index contributed by atoms with van der Waals surface area (Å²) in [5.74, 6) is -0.653. The van der Waals surface area contributed by atoms with Crippen LogP contribution in [0.5, 0.6) is 5.75 Å². The zero-order chi connectivity index (χ0) is 21.6. The van der Waals surface area contributed by atoms with E-state index in [9.17, 15) is 14.0 Å². The predicted octanol–water partition coefficient (Wildman–Crippen LogP) is 4.19. The van der Waals surface area contributed by atoms with Crippen LogP contribution in [0.2, 0.25) is 5.02 Å². The van der Waals surface area contributed by atoms with E-state index in [0.717, 1.165) is 0 Å². The lowest BCUT2D eigenvalue weighted by molar-refractivity contribution is -0.142. The molecule has 0 radical (unpaired) electrons. The molecular formula is C22H26ClFN2O3. The maximum absolute atomic E-state index is 13.2. The number of halogens is 2. The van der Waals surface area contributed by atoms with Crippen molar-refractivity contribution in [1.29, 1.82) is 0 Å². The van der Waals surface area contributed by atoms with Gasteiger partial charge in [0.1, 0.15) is 17.6 Å². The highest BCUT2D eigenvalue weighted by Gasteiger charge is 2.28. The molecule has 7 heteroatoms. The van der Waals surface area contributed by atoms with Crippen molar-refractivity contribution in [3.05, 3.63) is 64.9 Å². The summed E-state index contributed by atoms with van der Waals surface area (Å²) < 4.78 is 18.8. The smallest absolute Gasteiger partial charge is 0.261 e. The normalized spacial score (nSPS) is 12.2. The van der Waals surface area contributed by atoms with Crippen molar-refractivity contribution in [3.63, 3.8) is 0 Å². The number of nitrogens with one attached hydrogen (secondary N) is 1. The number of benzene rings is 2. The first-order chi connectivity index (χ1) is 13.6. The predicted molar refractivity (Wildman–Crippen MR) is 111 cm³/mol. The molecule has 1 atom stereocenters. The minimum Gasteiger partial charge on any atom is -0.482 e. The molecule has 0 unspecified atom stereocenters. The number of nitrogens with zero attached hydrogens (tertiary/aromatic N) is 1. The van der Waals surface area contributed by atoms with Gasteiger partial charge in [0, 0.05) is 12.1 Å². The van der Waals surface area contributed by atoms with E-state index in [1.807, 2.05) is 20.8 Å². The summed E-state index contributed by atoms with van der Waals surface area (Å²) in [5, 5.41) is 3.27. The third kappa shape index (κ3) is 7.06. The average Bonchev–Trinajstić information content (AvgIpc) is 2.64. The molecule has 0 aliphatic heterocycles. The lowest BCUT2D eigenvalue weighted by atomic mass is 10.1. The Morgan fingerprint density at radius 3 is 2.34 bits per heavy atom. The van der Waals surface area contributed by atoms with Gasteiger partial charge >= 0.3 is 0 Å². The van der Waals surface area contributed by atoms with Gasteiger partial charge in [0.05, 0.1) is 5.02 Å². The molecule has 5 nitrogen and oxygen atoms in total. The maximum Gasteiger partial charge on any atom is 0.261 e. The number of carbonyl (C=O) groups is 2. The highest BCUT2D eigenvalue weighted by atomic mass is 35.5. The molecule has 0 spiro atoms. The fourth-order valence-corrected chi connectivity index (χ4v) is 2.82. The van der Waals surface area contributed by atoms with E-state index < -0.39 is 11.6 Å². The highest BCUT2D eigenvalue weighted by molar-refractivity contribution is 6.32. The first-order valence-electron chi connectivity index (χ1n) is 9.30. The molecule has 0 aliphatic carbocycles. The molecule has 0 fully saturated rings. The van der Waals surface area contributed by atoms with E-state index in [0.29, 0.717) is 16.3 Å². The molecule has 0 aromatic heterocycles. The summed E-state index contributed by atoms with van der Waals surface area (Å²) in [7, 11) is 0. The molecule has 2 rings (SSSR count). The second-order valence-electron chi connectivity index (χ2n) is 7.78. The third-order valence-electron chi connectivity index (χ3n) is 4.12. The van der Waals surface area contributed by atoms with Crippen LogP contribution in [-0.2, 0) is 16.1 Å². The van der Waals surface area contributed by atoms with Crippen molar-refractivity contribution in [3.8, 4) is 5.75 Å². The molecule has 2 aromatic carbocycles. The van der Waals surface area contributed by atoms with Gasteiger partial charge in [-0.05, 0) is 57.5 Å². The number of amides is 2. The van der Waals surface area contributed by atoms with Crippen LogP contribution in [0.1, 0.15) is 33.3 Å². The van der Waals surface area contributed by atoms with Crippen molar-refractivity contribution >= 4 is 23.4 Å². The average molecular weight is 421 g/mol. The minimum absolute atomic E-state index is 0.143. The Hall–Kier alpha value is -2.60. The van der Waals surface area contributed by atoms with Crippen molar-refractivity contribution in [2.45, 2.75) is 45.8 Å². The second kappa shape index (κ2) is 9.74. The van der Waals surface area contributed by atoms with E-state index in [1.54, 1.807) is 43.3 Å². The van der Waals surface area contributed by atoms with Crippen LogP contribution in [0.4, 0.5) is 4.39 Å². The Labute approximate surface area is 175 Å². The highest BCUT2D eigenvalue weighted by Crippen LogP contribution is 2.23. The van der Waals surface area contributed by atoms with E-state index in [-0.39, 0.29) is 30.8 Å². The van der Waals surface area contributed by atoms with Crippen molar-refractivity contribution in [1.82, 2.24) is 10.2 Å². The Morgan fingerprint density at radius 1 is 1.14 bits per heavy atom. The summed E-state index contributed by atoms with van der Waals surface area (Å²) in [6, 6.07) is 11.9. The van der Waals surface area contributed by atoms with Gasteiger partial charge in [-0.1, -0.05) is 35.9 Å². The van der Waals surface area contributed by atoms with E-state index in [1.165, 1.54) is 17.0 Å². The van der Waals surface area contributed by atoms with E-state index in [4.69, 9.17) is 16.3 Å². The molecule has 156 valence electrons. The lowest BCUT2D eigenvalue weighted by Gasteiger charge is -2.31. The lowest BCUT2D eigenvalue weighted by Crippen LogP contribution is -2.53. The molecule has 1 N–H and O–H groups in total. The standard InChI is InChI=1S/C22H26ClFN2O3/c1-15(21(28)25-22(2,3)4)26(13-16-9-11-17(24)12-10-16)20(27)14-29-19-8-6-5-7-18(19)23/h5-12,15H,13-14H2,1-4H3,(H,25,28)/t15-/m0/s1. The monoisotopic (exact) mass is 420 g/mol. The number of carbonyl (C=O) groups excluding carboxylic acids is 2. The van der Waals surface area contributed by atoms with Crippen molar-refractivity contribution in [2.75, 3.05) is 6.61 Å². The van der Waals surface area contributed by atoms with Gasteiger partial charge in [-0.25, -0.2) is 4.39 Å². The SMILES string of the molecule is C[C@@H](C(=O)NC(C)(C)C)N(Cc1ccc(F)cc1)C(=O)COc1ccccc1Cl. The van der Waals surface area contributed by atoms with Gasteiger partial charge in [0.15, 0.2) is 6.61 Å². The van der Waals surface area contributed by atoms with Gasteiger partial charge in [0.25, 0.3) is 5.91 Å². The molecule has 0 bridgehead atoms. The first-order valence-corrected chi connectivity index (χ1v) is 9.68. The molecule has 0 aliphatic rings. The molecule has 0 heterocycles. The van der Waals surface area contributed by atoms with Gasteiger partial charge in [-0.15, -0.1) is 0 Å². The van der Waals surface area contributed by atoms with Crippen LogP contribution in [0.3, 0.4) is 0 Å². The van der Waals surface area contributed by atoms with Crippen molar-refractivity contribution < 1.29 is 18.7 Å². The first kappa shape index (κ1) is 22.7. The minimum atomic E-state index is -0.748. The fraction of sp³-hybridized carbons (Fsp3) is 0.364. The maximum atomic E-state index is 13.2. The summed E-state index contributed by atoms with van der Waals surface area (Å²) in [5.41, 5.74) is 0.261. The molecule has 0 saturated carbocycles. The van der Waals surface area contributed by atoms with Gasteiger partial charge in [-0.2, -0.15) is 0 Å². The Bertz CT molecular complexity index is 850. The molecule has 0 saturated heterocycles. The largest absolute Gasteiger partial charge is 0.482 e. The van der Waals surface area contributed by atoms with Gasteiger partial charge in [0.2, 0.25) is 5.91 Å². The summed E-state index contributed by atoms with van der Waals surface area (Å²) in [4.78, 5) is 27.0. The summed E-state index contributed by atoms with van der Waals surface area (Å²) >= 11 is 6.07. The molecule has 2 aromatic rings. The van der Waals surface area contributed by atoms with Crippen LogP contribution in [-0.4, -0.2) is 34.9 Å². The topological polar surface area (TPSA) is 58.6 Å². The van der Waals surface area contributed by atoms with Crippen LogP contribution in [0.15, 0.2) is 48.5 Å². The van der Waals surface area contributed by atoms with E-state index in [2.05, 4.69) is 5.32 Å². The number of ether oxygens (including phenoxy) is 1. The number of para-hydroxylation sites is 1. The zero-order valence-corrected chi connectivity index (χ0v) is 17.8. The van der Waals surface area contributed by atoms with Gasteiger partial charge in [-0.3, -0.25) is 9.59 Å².